The quantitative estimate of drug-likeness (QED) is 0.793. The van der Waals surface area contributed by atoms with Gasteiger partial charge in [-0.05, 0) is 38.4 Å². The summed E-state index contributed by atoms with van der Waals surface area (Å²) in [4.78, 5) is 0. The molecule has 2 heteroatoms. The van der Waals surface area contributed by atoms with Crippen LogP contribution in [0.2, 0.25) is 0 Å². The Morgan fingerprint density at radius 3 is 3.20 bits per heavy atom. The highest BCUT2D eigenvalue weighted by molar-refractivity contribution is 5.46. The van der Waals surface area contributed by atoms with Crippen molar-refractivity contribution in [2.75, 3.05) is 20.2 Å². The lowest BCUT2D eigenvalue weighted by Gasteiger charge is -2.27. The molecule has 1 aliphatic carbocycles. The lowest BCUT2D eigenvalue weighted by molar-refractivity contribution is 0.253. The zero-order valence-electron chi connectivity index (χ0n) is 9.12. The van der Waals surface area contributed by atoms with Crippen LogP contribution in [0.5, 0.6) is 5.75 Å². The standard InChI is InChI=1S/C13H17NO/c1-14-9-10-8-13(10)6-7-15-12-5-3-2-4-11(12)13/h2-5,10,14H,6-9H2,1H3. The number of rotatable bonds is 2. The van der Waals surface area contributed by atoms with E-state index in [1.807, 2.05) is 7.05 Å². The van der Waals surface area contributed by atoms with E-state index in [2.05, 4.69) is 29.6 Å². The van der Waals surface area contributed by atoms with Crippen LogP contribution in [0.25, 0.3) is 0 Å². The molecule has 1 fully saturated rings. The summed E-state index contributed by atoms with van der Waals surface area (Å²) in [5.41, 5.74) is 1.88. The first kappa shape index (κ1) is 9.22. The molecule has 1 aromatic rings. The molecule has 2 unspecified atom stereocenters. The van der Waals surface area contributed by atoms with Crippen LogP contribution in [0.4, 0.5) is 0 Å². The minimum absolute atomic E-state index is 0.442. The van der Waals surface area contributed by atoms with Crippen LogP contribution < -0.4 is 10.1 Å². The Hall–Kier alpha value is -1.02. The van der Waals surface area contributed by atoms with Crippen molar-refractivity contribution in [1.29, 1.82) is 0 Å². The second-order valence-electron chi connectivity index (χ2n) is 4.71. The van der Waals surface area contributed by atoms with Crippen LogP contribution in [-0.4, -0.2) is 20.2 Å². The molecule has 0 aromatic heterocycles. The van der Waals surface area contributed by atoms with Crippen molar-refractivity contribution >= 4 is 0 Å². The van der Waals surface area contributed by atoms with E-state index in [0.717, 1.165) is 24.8 Å². The van der Waals surface area contributed by atoms with Gasteiger partial charge in [0, 0.05) is 11.0 Å². The van der Waals surface area contributed by atoms with Crippen LogP contribution in [0.15, 0.2) is 24.3 Å². The van der Waals surface area contributed by atoms with Crippen LogP contribution >= 0.6 is 0 Å². The molecule has 15 heavy (non-hydrogen) atoms. The Bertz CT molecular complexity index is 377. The number of ether oxygens (including phenoxy) is 1. The average Bonchev–Trinajstić information content (AvgIpc) is 2.94. The second-order valence-corrected chi connectivity index (χ2v) is 4.71. The largest absolute Gasteiger partial charge is 0.493 e. The van der Waals surface area contributed by atoms with E-state index in [1.54, 1.807) is 0 Å². The molecule has 1 heterocycles. The summed E-state index contributed by atoms with van der Waals surface area (Å²) >= 11 is 0. The molecule has 1 spiro atoms. The molecule has 1 aliphatic heterocycles. The third-order valence-electron chi connectivity index (χ3n) is 3.91. The molecule has 0 amide bonds. The van der Waals surface area contributed by atoms with Crippen LogP contribution in [-0.2, 0) is 5.41 Å². The molecule has 0 radical (unpaired) electrons. The summed E-state index contributed by atoms with van der Waals surface area (Å²) in [6.07, 6.45) is 2.52. The van der Waals surface area contributed by atoms with Crippen molar-refractivity contribution in [3.05, 3.63) is 29.8 Å². The molecule has 1 saturated carbocycles. The zero-order valence-corrected chi connectivity index (χ0v) is 9.12. The van der Waals surface area contributed by atoms with Gasteiger partial charge in [0.25, 0.3) is 0 Å². The fourth-order valence-electron chi connectivity index (χ4n) is 3.01. The van der Waals surface area contributed by atoms with Gasteiger partial charge in [-0.3, -0.25) is 0 Å². The van der Waals surface area contributed by atoms with Gasteiger partial charge in [-0.15, -0.1) is 0 Å². The smallest absolute Gasteiger partial charge is 0.123 e. The van der Waals surface area contributed by atoms with E-state index >= 15 is 0 Å². The molecule has 80 valence electrons. The summed E-state index contributed by atoms with van der Waals surface area (Å²) in [6.45, 7) is 2.02. The maximum atomic E-state index is 5.71. The van der Waals surface area contributed by atoms with E-state index in [9.17, 15) is 0 Å². The lowest BCUT2D eigenvalue weighted by atomic mass is 9.87. The van der Waals surface area contributed by atoms with Gasteiger partial charge in [-0.2, -0.15) is 0 Å². The molecule has 0 bridgehead atoms. The highest BCUT2D eigenvalue weighted by Crippen LogP contribution is 2.60. The Morgan fingerprint density at radius 2 is 2.33 bits per heavy atom. The average molecular weight is 203 g/mol. The van der Waals surface area contributed by atoms with Gasteiger partial charge in [-0.1, -0.05) is 18.2 Å². The van der Waals surface area contributed by atoms with Gasteiger partial charge in [0.15, 0.2) is 0 Å². The second kappa shape index (κ2) is 3.24. The predicted molar refractivity (Wildman–Crippen MR) is 60.3 cm³/mol. The van der Waals surface area contributed by atoms with Crippen LogP contribution in [0.1, 0.15) is 18.4 Å². The molecular formula is C13H17NO. The molecule has 2 atom stereocenters. The van der Waals surface area contributed by atoms with E-state index in [-0.39, 0.29) is 0 Å². The van der Waals surface area contributed by atoms with Gasteiger partial charge in [-0.25, -0.2) is 0 Å². The molecule has 1 N–H and O–H groups in total. The third kappa shape index (κ3) is 1.28. The van der Waals surface area contributed by atoms with Crippen LogP contribution in [0.3, 0.4) is 0 Å². The summed E-state index contributed by atoms with van der Waals surface area (Å²) in [6, 6.07) is 8.53. The first-order valence-electron chi connectivity index (χ1n) is 5.74. The minimum atomic E-state index is 0.442. The van der Waals surface area contributed by atoms with Crippen molar-refractivity contribution in [1.82, 2.24) is 5.32 Å². The molecule has 2 nitrogen and oxygen atoms in total. The van der Waals surface area contributed by atoms with E-state index in [4.69, 9.17) is 4.74 Å². The van der Waals surface area contributed by atoms with Crippen molar-refractivity contribution < 1.29 is 4.74 Å². The number of nitrogens with one attached hydrogen (secondary N) is 1. The number of hydrogen-bond donors (Lipinski definition) is 1. The number of fused-ring (bicyclic) bond motifs is 2. The summed E-state index contributed by atoms with van der Waals surface area (Å²) in [5, 5.41) is 3.29. The fraction of sp³-hybridized carbons (Fsp3) is 0.538. The van der Waals surface area contributed by atoms with E-state index in [0.29, 0.717) is 5.41 Å². The molecular weight excluding hydrogens is 186 g/mol. The Labute approximate surface area is 90.6 Å². The Kier molecular flexibility index (Phi) is 1.99. The van der Waals surface area contributed by atoms with Crippen molar-refractivity contribution in [2.24, 2.45) is 5.92 Å². The van der Waals surface area contributed by atoms with Crippen molar-refractivity contribution in [3.63, 3.8) is 0 Å². The molecule has 2 aliphatic rings. The van der Waals surface area contributed by atoms with Gasteiger partial charge in [0.05, 0.1) is 6.61 Å². The first-order chi connectivity index (χ1) is 7.37. The van der Waals surface area contributed by atoms with Crippen molar-refractivity contribution in [2.45, 2.75) is 18.3 Å². The number of para-hydroxylation sites is 1. The van der Waals surface area contributed by atoms with Crippen molar-refractivity contribution in [3.8, 4) is 5.75 Å². The monoisotopic (exact) mass is 203 g/mol. The highest BCUT2D eigenvalue weighted by Gasteiger charge is 2.56. The van der Waals surface area contributed by atoms with Gasteiger partial charge >= 0.3 is 0 Å². The SMILES string of the molecule is CNCC1CC12CCOc1ccccc12. The lowest BCUT2D eigenvalue weighted by Crippen LogP contribution is -2.24. The maximum absolute atomic E-state index is 5.71. The molecule has 1 aromatic carbocycles. The first-order valence-corrected chi connectivity index (χ1v) is 5.74. The Balaban J connectivity index is 1.94. The fourth-order valence-corrected chi connectivity index (χ4v) is 3.01. The normalized spacial score (nSPS) is 32.2. The minimum Gasteiger partial charge on any atom is -0.493 e. The maximum Gasteiger partial charge on any atom is 0.123 e. The van der Waals surface area contributed by atoms with Gasteiger partial charge in [0.2, 0.25) is 0 Å². The molecule has 0 saturated heterocycles. The zero-order chi connectivity index (χ0) is 10.3. The number of hydrogen-bond acceptors (Lipinski definition) is 2. The van der Waals surface area contributed by atoms with Gasteiger partial charge < -0.3 is 10.1 Å². The number of benzene rings is 1. The van der Waals surface area contributed by atoms with E-state index < -0.39 is 0 Å². The Morgan fingerprint density at radius 1 is 1.47 bits per heavy atom. The highest BCUT2D eigenvalue weighted by atomic mass is 16.5. The van der Waals surface area contributed by atoms with Gasteiger partial charge in [0.1, 0.15) is 5.75 Å². The summed E-state index contributed by atoms with van der Waals surface area (Å²) in [7, 11) is 2.04. The predicted octanol–water partition coefficient (Wildman–Crippen LogP) is 1.95. The molecule has 3 rings (SSSR count). The third-order valence-corrected chi connectivity index (χ3v) is 3.91. The van der Waals surface area contributed by atoms with E-state index in [1.165, 1.54) is 18.4 Å². The topological polar surface area (TPSA) is 21.3 Å². The summed E-state index contributed by atoms with van der Waals surface area (Å²) in [5.74, 6) is 1.93. The summed E-state index contributed by atoms with van der Waals surface area (Å²) < 4.78 is 5.71. The van der Waals surface area contributed by atoms with Crippen LogP contribution in [0, 0.1) is 5.92 Å².